The number of hydrogen-bond donors (Lipinski definition) is 0. The molecular formula is C15H17N3O5S2. The molecule has 0 N–H and O–H groups in total. The Morgan fingerprint density at radius 1 is 1.40 bits per heavy atom. The minimum atomic E-state index is -3.82. The first-order valence-corrected chi connectivity index (χ1v) is 10.2. The molecule has 0 spiro atoms. The van der Waals surface area contributed by atoms with Crippen molar-refractivity contribution in [3.8, 4) is 0 Å². The molecule has 8 nitrogen and oxygen atoms in total. The van der Waals surface area contributed by atoms with E-state index in [0.717, 1.165) is 20.9 Å². The molecule has 0 bridgehead atoms. The summed E-state index contributed by atoms with van der Waals surface area (Å²) in [7, 11) is -3.82. The Bertz CT molecular complexity index is 946. The first-order valence-electron chi connectivity index (χ1n) is 7.90. The Labute approximate surface area is 148 Å². The molecule has 4 rings (SSSR count). The third-order valence-electron chi connectivity index (χ3n) is 4.37. The fourth-order valence-electron chi connectivity index (χ4n) is 3.24. The van der Waals surface area contributed by atoms with Crippen LogP contribution in [0.5, 0.6) is 0 Å². The molecule has 1 saturated heterocycles. The Hall–Kier alpha value is -1.91. The number of carbonyl (C=O) groups excluding carboxylic acids is 1. The molecule has 10 heteroatoms. The van der Waals surface area contributed by atoms with Crippen molar-refractivity contribution in [2.45, 2.75) is 38.5 Å². The normalized spacial score (nSPS) is 26.1. The zero-order valence-electron chi connectivity index (χ0n) is 13.5. The maximum Gasteiger partial charge on any atom is 0.412 e. The van der Waals surface area contributed by atoms with Gasteiger partial charge in [-0.05, 0) is 25.8 Å². The van der Waals surface area contributed by atoms with Gasteiger partial charge in [0.1, 0.15) is 17.3 Å². The molecule has 1 unspecified atom stereocenters. The van der Waals surface area contributed by atoms with Crippen LogP contribution in [0.4, 0.5) is 4.79 Å². The summed E-state index contributed by atoms with van der Waals surface area (Å²) in [6, 6.07) is -0.164. The smallest absolute Gasteiger partial charge is 0.412 e. The molecule has 2 aliphatic heterocycles. The first kappa shape index (κ1) is 16.6. The van der Waals surface area contributed by atoms with E-state index in [1.807, 2.05) is 23.7 Å². The van der Waals surface area contributed by atoms with E-state index >= 15 is 0 Å². The predicted octanol–water partition coefficient (Wildman–Crippen LogP) is 2.05. The Balaban J connectivity index is 1.59. The SMILES string of the molecule is Cc1ncc2sc(C[C@@H]3CCC4OS(=O)(=O)C=CCOC(=O)N43)cn12. The van der Waals surface area contributed by atoms with E-state index < -0.39 is 22.4 Å². The molecule has 0 aromatic carbocycles. The van der Waals surface area contributed by atoms with E-state index in [1.165, 1.54) is 11.0 Å². The van der Waals surface area contributed by atoms with Crippen LogP contribution >= 0.6 is 11.3 Å². The van der Waals surface area contributed by atoms with Crippen LogP contribution in [0.15, 0.2) is 23.9 Å². The van der Waals surface area contributed by atoms with Crippen LogP contribution in [-0.4, -0.2) is 47.7 Å². The molecule has 2 aromatic heterocycles. The Morgan fingerprint density at radius 3 is 3.04 bits per heavy atom. The van der Waals surface area contributed by atoms with Gasteiger partial charge in [-0.25, -0.2) is 14.0 Å². The maximum atomic E-state index is 12.4. The topological polar surface area (TPSA) is 90.2 Å². The van der Waals surface area contributed by atoms with Crippen molar-refractivity contribution >= 4 is 32.4 Å². The molecule has 1 fully saturated rings. The van der Waals surface area contributed by atoms with Crippen LogP contribution in [-0.2, 0) is 25.5 Å². The van der Waals surface area contributed by atoms with Gasteiger partial charge in [0.25, 0.3) is 10.1 Å². The second-order valence-corrected chi connectivity index (χ2v) is 8.64. The van der Waals surface area contributed by atoms with Crippen molar-refractivity contribution in [1.29, 1.82) is 0 Å². The molecule has 25 heavy (non-hydrogen) atoms. The van der Waals surface area contributed by atoms with Crippen LogP contribution < -0.4 is 0 Å². The van der Waals surface area contributed by atoms with E-state index in [4.69, 9.17) is 8.92 Å². The third-order valence-corrected chi connectivity index (χ3v) is 6.43. The van der Waals surface area contributed by atoms with Crippen molar-refractivity contribution in [3.63, 3.8) is 0 Å². The Morgan fingerprint density at radius 2 is 2.24 bits per heavy atom. The third kappa shape index (κ3) is 3.16. The van der Waals surface area contributed by atoms with Gasteiger partial charge in [-0.3, -0.25) is 9.30 Å². The van der Waals surface area contributed by atoms with Gasteiger partial charge in [0.05, 0.1) is 11.6 Å². The minimum Gasteiger partial charge on any atom is -0.445 e. The lowest BCUT2D eigenvalue weighted by molar-refractivity contribution is 0.0330. The summed E-state index contributed by atoms with van der Waals surface area (Å²) in [4.78, 5) is 20.2. The number of cyclic esters (lactones) is 1. The van der Waals surface area contributed by atoms with Gasteiger partial charge in [-0.1, -0.05) is 0 Å². The number of rotatable bonds is 2. The van der Waals surface area contributed by atoms with Gasteiger partial charge < -0.3 is 4.74 Å². The lowest BCUT2D eigenvalue weighted by Crippen LogP contribution is -2.43. The summed E-state index contributed by atoms with van der Waals surface area (Å²) in [6.45, 7) is 1.84. The van der Waals surface area contributed by atoms with Crippen molar-refractivity contribution in [2.75, 3.05) is 6.61 Å². The predicted molar refractivity (Wildman–Crippen MR) is 90.7 cm³/mol. The van der Waals surface area contributed by atoms with E-state index in [2.05, 4.69) is 4.98 Å². The number of ether oxygens (including phenoxy) is 1. The van der Waals surface area contributed by atoms with Crippen LogP contribution in [0.2, 0.25) is 0 Å². The number of imidazole rings is 1. The summed E-state index contributed by atoms with van der Waals surface area (Å²) in [5, 5.41) is 0.940. The van der Waals surface area contributed by atoms with Crippen molar-refractivity contribution in [1.82, 2.24) is 14.3 Å². The van der Waals surface area contributed by atoms with Gasteiger partial charge in [-0.2, -0.15) is 8.42 Å². The van der Waals surface area contributed by atoms with Crippen LogP contribution in [0.25, 0.3) is 4.83 Å². The zero-order chi connectivity index (χ0) is 17.6. The fraction of sp³-hybridized carbons (Fsp3) is 0.467. The molecule has 134 valence electrons. The van der Waals surface area contributed by atoms with Gasteiger partial charge in [0.15, 0.2) is 6.23 Å². The lowest BCUT2D eigenvalue weighted by atomic mass is 10.1. The minimum absolute atomic E-state index is 0.0921. The van der Waals surface area contributed by atoms with Gasteiger partial charge in [-0.15, -0.1) is 11.3 Å². The molecule has 0 aliphatic carbocycles. The molecule has 2 aliphatic rings. The highest BCUT2D eigenvalue weighted by molar-refractivity contribution is 7.89. The number of aromatic nitrogens is 2. The highest BCUT2D eigenvalue weighted by Gasteiger charge is 2.41. The van der Waals surface area contributed by atoms with E-state index in [9.17, 15) is 13.2 Å². The van der Waals surface area contributed by atoms with Crippen molar-refractivity contribution in [2.24, 2.45) is 0 Å². The second-order valence-electron chi connectivity index (χ2n) is 6.05. The molecule has 2 atom stereocenters. The standard InChI is InChI=1S/C15H17N3O5S2/c1-10-16-8-14-17(10)9-12(24-14)7-11-3-4-13-18(11)15(19)22-5-2-6-25(20,21)23-13/h2,6,8-9,11,13H,3-5,7H2,1H3/t11-,13?/m0/s1. The number of amides is 1. The lowest BCUT2D eigenvalue weighted by Gasteiger charge is -2.27. The Kier molecular flexibility index (Phi) is 4.05. The summed E-state index contributed by atoms with van der Waals surface area (Å²) in [5.41, 5.74) is 0. The first-order chi connectivity index (χ1) is 11.9. The number of aryl methyl sites for hydroxylation is 1. The highest BCUT2D eigenvalue weighted by Crippen LogP contribution is 2.32. The summed E-state index contributed by atoms with van der Waals surface area (Å²) in [6.07, 6.45) is 5.46. The summed E-state index contributed by atoms with van der Waals surface area (Å²) < 4.78 is 36.1. The molecule has 1 amide bonds. The monoisotopic (exact) mass is 383 g/mol. The number of nitrogens with zero attached hydrogens (tertiary/aromatic N) is 3. The summed E-state index contributed by atoms with van der Waals surface area (Å²) >= 11 is 1.61. The molecule has 2 aromatic rings. The van der Waals surface area contributed by atoms with Gasteiger partial charge in [0.2, 0.25) is 0 Å². The van der Waals surface area contributed by atoms with E-state index in [0.29, 0.717) is 19.3 Å². The van der Waals surface area contributed by atoms with E-state index in [1.54, 1.807) is 11.3 Å². The quantitative estimate of drug-likeness (QED) is 0.737. The van der Waals surface area contributed by atoms with Crippen LogP contribution in [0, 0.1) is 6.92 Å². The molecular weight excluding hydrogens is 366 g/mol. The van der Waals surface area contributed by atoms with Crippen molar-refractivity contribution in [3.05, 3.63) is 34.6 Å². The number of carbonyl (C=O) groups is 1. The number of thiazole rings is 1. The molecule has 0 saturated carbocycles. The average molecular weight is 383 g/mol. The zero-order valence-corrected chi connectivity index (χ0v) is 15.1. The number of fused-ring (bicyclic) bond motifs is 2. The van der Waals surface area contributed by atoms with Gasteiger partial charge >= 0.3 is 6.09 Å². The van der Waals surface area contributed by atoms with Gasteiger partial charge in [0, 0.05) is 23.5 Å². The maximum absolute atomic E-state index is 12.4. The largest absolute Gasteiger partial charge is 0.445 e. The molecule has 0 radical (unpaired) electrons. The number of hydrogen-bond acceptors (Lipinski definition) is 7. The highest BCUT2D eigenvalue weighted by atomic mass is 32.2. The fourth-order valence-corrected chi connectivity index (χ4v) is 5.21. The van der Waals surface area contributed by atoms with E-state index in [-0.39, 0.29) is 12.6 Å². The molecule has 4 heterocycles. The average Bonchev–Trinajstić information content (AvgIpc) is 3.21. The summed E-state index contributed by atoms with van der Waals surface area (Å²) in [5.74, 6) is 0.907. The second kappa shape index (κ2) is 6.11. The van der Waals surface area contributed by atoms with Crippen LogP contribution in [0.1, 0.15) is 23.5 Å². The van der Waals surface area contributed by atoms with Crippen LogP contribution in [0.3, 0.4) is 0 Å². The van der Waals surface area contributed by atoms with Crippen molar-refractivity contribution < 1.29 is 22.1 Å².